The van der Waals surface area contributed by atoms with Crippen molar-refractivity contribution >= 4 is 11.6 Å². The number of ketones is 2. The van der Waals surface area contributed by atoms with E-state index in [0.29, 0.717) is 0 Å². The normalized spacial score (nSPS) is 18.1. The van der Waals surface area contributed by atoms with Crippen molar-refractivity contribution < 1.29 is 22.8 Å². The van der Waals surface area contributed by atoms with Gasteiger partial charge in [0.05, 0.1) is 6.42 Å². The third-order valence-electron chi connectivity index (χ3n) is 2.66. The Morgan fingerprint density at radius 2 is 1.67 bits per heavy atom. The van der Waals surface area contributed by atoms with E-state index >= 15 is 0 Å². The Bertz CT molecular complexity index is 252. The van der Waals surface area contributed by atoms with Gasteiger partial charge in [-0.25, -0.2) is 0 Å². The highest BCUT2D eigenvalue weighted by Crippen LogP contribution is 2.28. The van der Waals surface area contributed by atoms with E-state index in [1.54, 1.807) is 0 Å². The quantitative estimate of drug-likeness (QED) is 0.685. The fourth-order valence-electron chi connectivity index (χ4n) is 1.89. The third-order valence-corrected chi connectivity index (χ3v) is 2.66. The van der Waals surface area contributed by atoms with Crippen molar-refractivity contribution in [3.05, 3.63) is 0 Å². The first-order valence-corrected chi connectivity index (χ1v) is 5.01. The molecule has 1 rings (SSSR count). The minimum atomic E-state index is -4.87. The van der Waals surface area contributed by atoms with Crippen LogP contribution in [0.3, 0.4) is 0 Å². The highest BCUT2D eigenvalue weighted by atomic mass is 19.4. The van der Waals surface area contributed by atoms with Gasteiger partial charge in [0.2, 0.25) is 5.78 Å². The molecule has 0 aromatic heterocycles. The zero-order chi connectivity index (χ0) is 11.5. The summed E-state index contributed by atoms with van der Waals surface area (Å²) in [5.74, 6) is -2.31. The number of carbonyl (C=O) groups is 2. The number of alkyl halides is 3. The number of rotatable bonds is 4. The summed E-state index contributed by atoms with van der Waals surface area (Å²) in [4.78, 5) is 21.6. The van der Waals surface area contributed by atoms with E-state index in [1.165, 1.54) is 0 Å². The van der Waals surface area contributed by atoms with Crippen LogP contribution < -0.4 is 0 Å². The van der Waals surface area contributed by atoms with Crippen molar-refractivity contribution in [1.82, 2.24) is 0 Å². The Kier molecular flexibility index (Phi) is 3.88. The predicted molar refractivity (Wildman–Crippen MR) is 47.3 cm³/mol. The number of hydrogen-bond acceptors (Lipinski definition) is 2. The summed E-state index contributed by atoms with van der Waals surface area (Å²) in [5.41, 5.74) is 0. The SMILES string of the molecule is O=C(CC(=O)C(F)(F)F)CC1CCCC1. The minimum absolute atomic E-state index is 0.127. The molecule has 0 N–H and O–H groups in total. The van der Waals surface area contributed by atoms with Gasteiger partial charge in [-0.1, -0.05) is 25.7 Å². The first-order chi connectivity index (χ1) is 6.89. The topological polar surface area (TPSA) is 34.1 Å². The smallest absolute Gasteiger partial charge is 0.299 e. The third kappa shape index (κ3) is 4.01. The molecule has 1 saturated carbocycles. The number of hydrogen-bond donors (Lipinski definition) is 0. The van der Waals surface area contributed by atoms with Gasteiger partial charge in [0, 0.05) is 6.42 Å². The van der Waals surface area contributed by atoms with Crippen LogP contribution in [0, 0.1) is 5.92 Å². The molecule has 5 heteroatoms. The molecule has 0 aromatic rings. The Labute approximate surface area is 85.8 Å². The minimum Gasteiger partial charge on any atom is -0.299 e. The fourth-order valence-corrected chi connectivity index (χ4v) is 1.89. The Morgan fingerprint density at radius 3 is 2.13 bits per heavy atom. The zero-order valence-electron chi connectivity index (χ0n) is 8.27. The molecule has 0 aromatic carbocycles. The van der Waals surface area contributed by atoms with Crippen molar-refractivity contribution in [3.63, 3.8) is 0 Å². The zero-order valence-corrected chi connectivity index (χ0v) is 8.27. The lowest BCUT2D eigenvalue weighted by molar-refractivity contribution is -0.171. The van der Waals surface area contributed by atoms with Gasteiger partial charge in [0.15, 0.2) is 0 Å². The standard InChI is InChI=1S/C10H13F3O2/c11-10(12,13)9(15)6-8(14)5-7-3-1-2-4-7/h7H,1-6H2. The molecular weight excluding hydrogens is 209 g/mol. The van der Waals surface area contributed by atoms with Gasteiger partial charge >= 0.3 is 6.18 Å². The van der Waals surface area contributed by atoms with Crippen molar-refractivity contribution in [2.24, 2.45) is 5.92 Å². The molecule has 0 heterocycles. The van der Waals surface area contributed by atoms with Crippen LogP contribution in [0.25, 0.3) is 0 Å². The van der Waals surface area contributed by atoms with E-state index in [0.717, 1.165) is 25.7 Å². The van der Waals surface area contributed by atoms with Crippen LogP contribution >= 0.6 is 0 Å². The molecule has 0 aliphatic heterocycles. The molecule has 0 bridgehead atoms. The van der Waals surface area contributed by atoms with Gasteiger partial charge in [-0.05, 0) is 5.92 Å². The summed E-state index contributed by atoms with van der Waals surface area (Å²) in [6.07, 6.45) is -1.87. The largest absolute Gasteiger partial charge is 0.450 e. The average molecular weight is 222 g/mol. The summed E-state index contributed by atoms with van der Waals surface area (Å²) < 4.78 is 35.5. The summed E-state index contributed by atoms with van der Waals surface area (Å²) >= 11 is 0. The monoisotopic (exact) mass is 222 g/mol. The first kappa shape index (κ1) is 12.2. The van der Waals surface area contributed by atoms with E-state index in [-0.39, 0.29) is 12.3 Å². The van der Waals surface area contributed by atoms with E-state index in [1.807, 2.05) is 0 Å². The average Bonchev–Trinajstić information content (AvgIpc) is 2.54. The molecule has 86 valence electrons. The number of halogens is 3. The van der Waals surface area contributed by atoms with Crippen LogP contribution in [0.4, 0.5) is 13.2 Å². The van der Waals surface area contributed by atoms with Crippen molar-refractivity contribution in [2.75, 3.05) is 0 Å². The van der Waals surface area contributed by atoms with Crippen LogP contribution in [0.15, 0.2) is 0 Å². The van der Waals surface area contributed by atoms with E-state index < -0.39 is 24.2 Å². The van der Waals surface area contributed by atoms with Crippen LogP contribution in [-0.2, 0) is 9.59 Å². The van der Waals surface area contributed by atoms with Crippen molar-refractivity contribution in [3.8, 4) is 0 Å². The molecule has 0 spiro atoms. The maximum Gasteiger partial charge on any atom is 0.450 e. The van der Waals surface area contributed by atoms with Crippen molar-refractivity contribution in [2.45, 2.75) is 44.7 Å². The fraction of sp³-hybridized carbons (Fsp3) is 0.800. The van der Waals surface area contributed by atoms with Gasteiger partial charge in [0.1, 0.15) is 5.78 Å². The molecule has 0 amide bonds. The van der Waals surface area contributed by atoms with E-state index in [9.17, 15) is 22.8 Å². The summed E-state index contributed by atoms with van der Waals surface area (Å²) in [5, 5.41) is 0. The van der Waals surface area contributed by atoms with Crippen LogP contribution in [0.2, 0.25) is 0 Å². The maximum absolute atomic E-state index is 11.8. The molecule has 1 fully saturated rings. The van der Waals surface area contributed by atoms with E-state index in [4.69, 9.17) is 0 Å². The Balaban J connectivity index is 2.32. The predicted octanol–water partition coefficient (Wildman–Crippen LogP) is 2.66. The highest BCUT2D eigenvalue weighted by molar-refractivity contribution is 6.01. The summed E-state index contributed by atoms with van der Waals surface area (Å²) in [6.45, 7) is 0. The second-order valence-corrected chi connectivity index (χ2v) is 3.99. The lowest BCUT2D eigenvalue weighted by atomic mass is 9.98. The maximum atomic E-state index is 11.8. The molecule has 0 saturated heterocycles. The highest BCUT2D eigenvalue weighted by Gasteiger charge is 2.39. The van der Waals surface area contributed by atoms with Crippen LogP contribution in [-0.4, -0.2) is 17.7 Å². The molecule has 0 atom stereocenters. The molecule has 2 nitrogen and oxygen atoms in total. The lowest BCUT2D eigenvalue weighted by Gasteiger charge is -2.08. The molecular formula is C10H13F3O2. The van der Waals surface area contributed by atoms with Gasteiger partial charge in [-0.3, -0.25) is 9.59 Å². The number of carbonyl (C=O) groups excluding carboxylic acids is 2. The van der Waals surface area contributed by atoms with Crippen molar-refractivity contribution in [1.29, 1.82) is 0 Å². The molecule has 0 unspecified atom stereocenters. The molecule has 1 aliphatic carbocycles. The number of Topliss-reactive ketones (excluding diaryl/α,β-unsaturated/α-hetero) is 2. The summed E-state index contributed by atoms with van der Waals surface area (Å²) in [7, 11) is 0. The first-order valence-electron chi connectivity index (χ1n) is 5.01. The van der Waals surface area contributed by atoms with Gasteiger partial charge in [0.25, 0.3) is 0 Å². The lowest BCUT2D eigenvalue weighted by Crippen LogP contribution is -2.25. The Morgan fingerprint density at radius 1 is 1.13 bits per heavy atom. The second kappa shape index (κ2) is 4.77. The van der Waals surface area contributed by atoms with Crippen LogP contribution in [0.1, 0.15) is 38.5 Å². The Hall–Kier alpha value is -0.870. The van der Waals surface area contributed by atoms with Gasteiger partial charge in [-0.15, -0.1) is 0 Å². The van der Waals surface area contributed by atoms with Crippen LogP contribution in [0.5, 0.6) is 0 Å². The summed E-state index contributed by atoms with van der Waals surface area (Å²) in [6, 6.07) is 0. The molecule has 0 radical (unpaired) electrons. The molecule has 15 heavy (non-hydrogen) atoms. The second-order valence-electron chi connectivity index (χ2n) is 3.99. The van der Waals surface area contributed by atoms with E-state index in [2.05, 4.69) is 0 Å². The van der Waals surface area contributed by atoms with Gasteiger partial charge < -0.3 is 0 Å². The van der Waals surface area contributed by atoms with Gasteiger partial charge in [-0.2, -0.15) is 13.2 Å². The molecule has 1 aliphatic rings.